The van der Waals surface area contributed by atoms with E-state index in [2.05, 4.69) is 15.5 Å². The van der Waals surface area contributed by atoms with E-state index in [0.717, 1.165) is 22.5 Å². The van der Waals surface area contributed by atoms with E-state index in [4.69, 9.17) is 4.74 Å². The first-order valence-electron chi connectivity index (χ1n) is 8.44. The first-order chi connectivity index (χ1) is 13.3. The molecule has 146 valence electrons. The SMILES string of the molecule is Cc1cccc(OCC(=O)Nc2nnc(S(=O)(=O)Cc3ccccc3)s2)c1C. The molecular formula is C19H19N3O4S2. The van der Waals surface area contributed by atoms with Crippen molar-refractivity contribution >= 4 is 32.2 Å². The van der Waals surface area contributed by atoms with Gasteiger partial charge in [-0.05, 0) is 36.6 Å². The maximum absolute atomic E-state index is 12.5. The van der Waals surface area contributed by atoms with E-state index in [1.807, 2.05) is 32.0 Å². The maximum atomic E-state index is 12.5. The average molecular weight is 418 g/mol. The number of carbonyl (C=O) groups excluding carboxylic acids is 1. The molecule has 7 nitrogen and oxygen atoms in total. The second-order valence-corrected chi connectivity index (χ2v) is 9.29. The van der Waals surface area contributed by atoms with Gasteiger partial charge in [0, 0.05) is 0 Å². The van der Waals surface area contributed by atoms with Crippen molar-refractivity contribution in [1.82, 2.24) is 10.2 Å². The van der Waals surface area contributed by atoms with Crippen LogP contribution in [0.3, 0.4) is 0 Å². The van der Waals surface area contributed by atoms with E-state index in [9.17, 15) is 13.2 Å². The summed E-state index contributed by atoms with van der Waals surface area (Å²) in [5, 5.41) is 10.1. The highest BCUT2D eigenvalue weighted by molar-refractivity contribution is 7.92. The fourth-order valence-corrected chi connectivity index (χ4v) is 4.76. The molecule has 0 fully saturated rings. The van der Waals surface area contributed by atoms with Gasteiger partial charge in [-0.25, -0.2) is 8.42 Å². The van der Waals surface area contributed by atoms with Crippen molar-refractivity contribution in [3.8, 4) is 5.75 Å². The highest BCUT2D eigenvalue weighted by Gasteiger charge is 2.21. The highest BCUT2D eigenvalue weighted by atomic mass is 32.2. The zero-order valence-electron chi connectivity index (χ0n) is 15.4. The normalized spacial score (nSPS) is 11.2. The molecule has 0 unspecified atom stereocenters. The third-order valence-corrected chi connectivity index (χ3v) is 7.00. The molecule has 2 aromatic carbocycles. The third kappa shape index (κ3) is 4.93. The van der Waals surface area contributed by atoms with Crippen molar-refractivity contribution < 1.29 is 17.9 Å². The highest BCUT2D eigenvalue weighted by Crippen LogP contribution is 2.24. The van der Waals surface area contributed by atoms with E-state index < -0.39 is 15.7 Å². The van der Waals surface area contributed by atoms with Gasteiger partial charge in [-0.3, -0.25) is 10.1 Å². The van der Waals surface area contributed by atoms with Gasteiger partial charge < -0.3 is 4.74 Å². The second kappa shape index (κ2) is 8.49. The summed E-state index contributed by atoms with van der Waals surface area (Å²) in [4.78, 5) is 12.1. The summed E-state index contributed by atoms with van der Waals surface area (Å²) in [6, 6.07) is 14.4. The molecule has 0 aliphatic heterocycles. The zero-order chi connectivity index (χ0) is 20.1. The molecule has 0 radical (unpaired) electrons. The topological polar surface area (TPSA) is 98.2 Å². The Kier molecular flexibility index (Phi) is 6.05. The molecule has 1 heterocycles. The van der Waals surface area contributed by atoms with Crippen LogP contribution in [0.1, 0.15) is 16.7 Å². The molecule has 3 rings (SSSR count). The van der Waals surface area contributed by atoms with Crippen molar-refractivity contribution in [2.45, 2.75) is 23.9 Å². The average Bonchev–Trinajstić information content (AvgIpc) is 3.13. The molecule has 0 saturated carbocycles. The molecule has 0 spiro atoms. The Morgan fingerprint density at radius 3 is 2.57 bits per heavy atom. The van der Waals surface area contributed by atoms with Crippen LogP contribution in [-0.4, -0.2) is 31.1 Å². The van der Waals surface area contributed by atoms with Crippen LogP contribution in [0.25, 0.3) is 0 Å². The molecule has 0 aliphatic rings. The Balaban J connectivity index is 1.61. The quantitative estimate of drug-likeness (QED) is 0.593. The van der Waals surface area contributed by atoms with Gasteiger partial charge in [-0.15, -0.1) is 10.2 Å². The van der Waals surface area contributed by atoms with Crippen LogP contribution in [0.4, 0.5) is 5.13 Å². The largest absolute Gasteiger partial charge is 0.483 e. The molecule has 28 heavy (non-hydrogen) atoms. The standard InChI is InChI=1S/C19H19N3O4S2/c1-13-7-6-10-16(14(13)2)26-11-17(23)20-18-21-22-19(27-18)28(24,25)12-15-8-4-3-5-9-15/h3-10H,11-12H2,1-2H3,(H,20,21,23). The Hall–Kier alpha value is -2.78. The number of nitrogens with one attached hydrogen (secondary N) is 1. The fraction of sp³-hybridized carbons (Fsp3) is 0.211. The lowest BCUT2D eigenvalue weighted by atomic mass is 10.1. The van der Waals surface area contributed by atoms with Crippen LogP contribution in [0.2, 0.25) is 0 Å². The smallest absolute Gasteiger partial charge is 0.264 e. The second-order valence-electron chi connectivity index (χ2n) is 6.15. The Labute approximate surface area is 167 Å². The summed E-state index contributed by atoms with van der Waals surface area (Å²) >= 11 is 0.817. The molecule has 0 bridgehead atoms. The van der Waals surface area contributed by atoms with Crippen LogP contribution in [0, 0.1) is 13.8 Å². The summed E-state index contributed by atoms with van der Waals surface area (Å²) in [5.41, 5.74) is 2.68. The number of hydrogen-bond donors (Lipinski definition) is 1. The number of aryl methyl sites for hydroxylation is 1. The molecular weight excluding hydrogens is 398 g/mol. The van der Waals surface area contributed by atoms with E-state index in [1.165, 1.54) is 0 Å². The number of aromatic nitrogens is 2. The van der Waals surface area contributed by atoms with Crippen molar-refractivity contribution in [3.05, 3.63) is 65.2 Å². The Morgan fingerprint density at radius 1 is 1.07 bits per heavy atom. The zero-order valence-corrected chi connectivity index (χ0v) is 17.0. The van der Waals surface area contributed by atoms with Crippen LogP contribution < -0.4 is 10.1 Å². The van der Waals surface area contributed by atoms with E-state index >= 15 is 0 Å². The third-order valence-electron chi connectivity index (χ3n) is 4.03. The number of carbonyl (C=O) groups is 1. The molecule has 0 saturated heterocycles. The van der Waals surface area contributed by atoms with Crippen LogP contribution in [0.5, 0.6) is 5.75 Å². The monoisotopic (exact) mass is 417 g/mol. The molecule has 0 atom stereocenters. The van der Waals surface area contributed by atoms with Crippen LogP contribution >= 0.6 is 11.3 Å². The Morgan fingerprint density at radius 2 is 1.82 bits per heavy atom. The van der Waals surface area contributed by atoms with Crippen molar-refractivity contribution in [1.29, 1.82) is 0 Å². The lowest BCUT2D eigenvalue weighted by molar-refractivity contribution is -0.118. The number of benzene rings is 2. The lowest BCUT2D eigenvalue weighted by Gasteiger charge is -2.10. The first-order valence-corrected chi connectivity index (χ1v) is 10.9. The van der Waals surface area contributed by atoms with Gasteiger partial charge in [0.05, 0.1) is 5.75 Å². The number of ether oxygens (including phenoxy) is 1. The molecule has 1 N–H and O–H groups in total. The Bertz CT molecular complexity index is 1080. The predicted octanol–water partition coefficient (Wildman–Crippen LogP) is 3.15. The van der Waals surface area contributed by atoms with Crippen LogP contribution in [0.15, 0.2) is 52.9 Å². The van der Waals surface area contributed by atoms with Crippen molar-refractivity contribution in [2.24, 2.45) is 0 Å². The van der Waals surface area contributed by atoms with Gasteiger partial charge in [0.25, 0.3) is 5.91 Å². The number of anilines is 1. The number of sulfone groups is 1. The fourth-order valence-electron chi connectivity index (χ4n) is 2.42. The number of nitrogens with zero attached hydrogens (tertiary/aromatic N) is 2. The number of hydrogen-bond acceptors (Lipinski definition) is 7. The number of amides is 1. The van der Waals surface area contributed by atoms with E-state index in [0.29, 0.717) is 11.3 Å². The minimum absolute atomic E-state index is 0.112. The summed E-state index contributed by atoms with van der Waals surface area (Å²) < 4.78 is 30.3. The molecule has 1 amide bonds. The van der Waals surface area contributed by atoms with E-state index in [-0.39, 0.29) is 21.8 Å². The minimum atomic E-state index is -3.63. The van der Waals surface area contributed by atoms with Gasteiger partial charge in [-0.2, -0.15) is 0 Å². The molecule has 1 aromatic heterocycles. The summed E-state index contributed by atoms with van der Waals surface area (Å²) in [6.45, 7) is 3.66. The van der Waals surface area contributed by atoms with Crippen molar-refractivity contribution in [3.63, 3.8) is 0 Å². The number of rotatable bonds is 7. The van der Waals surface area contributed by atoms with Crippen LogP contribution in [-0.2, 0) is 20.4 Å². The lowest BCUT2D eigenvalue weighted by Crippen LogP contribution is -2.20. The minimum Gasteiger partial charge on any atom is -0.483 e. The van der Waals surface area contributed by atoms with Gasteiger partial charge in [0.1, 0.15) is 5.75 Å². The summed E-state index contributed by atoms with van der Waals surface area (Å²) in [5.74, 6) is 0.00853. The van der Waals surface area contributed by atoms with Crippen molar-refractivity contribution in [2.75, 3.05) is 11.9 Å². The summed E-state index contributed by atoms with van der Waals surface area (Å²) in [6.07, 6.45) is 0. The molecule has 3 aromatic rings. The van der Waals surface area contributed by atoms with E-state index in [1.54, 1.807) is 30.3 Å². The predicted molar refractivity (Wildman–Crippen MR) is 107 cm³/mol. The first kappa shape index (κ1) is 20.0. The van der Waals surface area contributed by atoms with Gasteiger partial charge in [0.15, 0.2) is 6.61 Å². The van der Waals surface area contributed by atoms with Gasteiger partial charge in [0.2, 0.25) is 19.3 Å². The van der Waals surface area contributed by atoms with Gasteiger partial charge in [-0.1, -0.05) is 53.8 Å². The maximum Gasteiger partial charge on any atom is 0.264 e. The molecule has 0 aliphatic carbocycles. The summed E-state index contributed by atoms with van der Waals surface area (Å²) in [7, 11) is -3.63. The van der Waals surface area contributed by atoms with Gasteiger partial charge >= 0.3 is 0 Å². The molecule has 9 heteroatoms.